The van der Waals surface area contributed by atoms with Crippen LogP contribution in [0.4, 0.5) is 11.4 Å². The molecule has 1 heterocycles. The molecule has 1 fully saturated rings. The highest BCUT2D eigenvalue weighted by Crippen LogP contribution is 2.31. The number of carbonyl (C=O) groups excluding carboxylic acids is 2. The van der Waals surface area contributed by atoms with Crippen molar-refractivity contribution >= 4 is 34.8 Å². The zero-order valence-corrected chi connectivity index (χ0v) is 16.3. The number of amides is 2. The van der Waals surface area contributed by atoms with Crippen LogP contribution in [0.15, 0.2) is 30.3 Å². The summed E-state index contributed by atoms with van der Waals surface area (Å²) in [5, 5.41) is 3.60. The van der Waals surface area contributed by atoms with Crippen molar-refractivity contribution in [1.82, 2.24) is 0 Å². The third-order valence-electron chi connectivity index (χ3n) is 4.88. The summed E-state index contributed by atoms with van der Waals surface area (Å²) < 4.78 is 0. The summed E-state index contributed by atoms with van der Waals surface area (Å²) in [7, 11) is 0. The Kier molecular flexibility index (Phi) is 5.05. The quantitative estimate of drug-likeness (QED) is 0.860. The van der Waals surface area contributed by atoms with E-state index >= 15 is 0 Å². The summed E-state index contributed by atoms with van der Waals surface area (Å²) in [5.74, 6) is -0.538. The van der Waals surface area contributed by atoms with Crippen molar-refractivity contribution in [2.24, 2.45) is 5.92 Å². The Bertz CT molecular complexity index is 869. The van der Waals surface area contributed by atoms with E-state index < -0.39 is 0 Å². The largest absolute Gasteiger partial charge is 0.325 e. The first-order chi connectivity index (χ1) is 12.3. The molecule has 0 radical (unpaired) electrons. The number of anilines is 2. The second-order valence-corrected chi connectivity index (χ2v) is 7.54. The van der Waals surface area contributed by atoms with Gasteiger partial charge >= 0.3 is 0 Å². The van der Waals surface area contributed by atoms with Crippen LogP contribution in [0.3, 0.4) is 0 Å². The minimum absolute atomic E-state index is 0.0483. The summed E-state index contributed by atoms with van der Waals surface area (Å²) >= 11 is 6.08. The van der Waals surface area contributed by atoms with Crippen LogP contribution in [0.25, 0.3) is 0 Å². The van der Waals surface area contributed by atoms with Crippen molar-refractivity contribution in [3.8, 4) is 0 Å². The number of rotatable bonds is 3. The van der Waals surface area contributed by atoms with E-state index in [-0.39, 0.29) is 24.2 Å². The number of carbonyl (C=O) groups is 2. The maximum Gasteiger partial charge on any atom is 0.229 e. The smallest absolute Gasteiger partial charge is 0.229 e. The number of hydrogen-bond donors (Lipinski definition) is 1. The van der Waals surface area contributed by atoms with Gasteiger partial charge in [-0.05, 0) is 56.5 Å². The summed E-state index contributed by atoms with van der Waals surface area (Å²) in [5.41, 5.74) is 5.81. The molecule has 0 spiro atoms. The highest BCUT2D eigenvalue weighted by Gasteiger charge is 2.36. The topological polar surface area (TPSA) is 49.4 Å². The molecule has 1 N–H and O–H groups in total. The first-order valence-electron chi connectivity index (χ1n) is 8.71. The van der Waals surface area contributed by atoms with Crippen LogP contribution in [0.5, 0.6) is 0 Å². The van der Waals surface area contributed by atoms with Gasteiger partial charge in [0.25, 0.3) is 0 Å². The predicted molar refractivity (Wildman–Crippen MR) is 106 cm³/mol. The minimum atomic E-state index is -0.374. The Morgan fingerprint density at radius 1 is 1.08 bits per heavy atom. The maximum atomic E-state index is 12.8. The Morgan fingerprint density at radius 3 is 2.38 bits per heavy atom. The van der Waals surface area contributed by atoms with Gasteiger partial charge in [-0.3, -0.25) is 9.59 Å². The van der Waals surface area contributed by atoms with Crippen LogP contribution in [0.2, 0.25) is 5.02 Å². The molecule has 0 saturated carbocycles. The highest BCUT2D eigenvalue weighted by molar-refractivity contribution is 6.31. The van der Waals surface area contributed by atoms with E-state index in [1.165, 1.54) is 0 Å². The van der Waals surface area contributed by atoms with E-state index in [4.69, 9.17) is 11.6 Å². The molecule has 2 aromatic carbocycles. The van der Waals surface area contributed by atoms with Gasteiger partial charge in [0.15, 0.2) is 0 Å². The molecule has 0 bridgehead atoms. The van der Waals surface area contributed by atoms with E-state index in [0.717, 1.165) is 33.6 Å². The SMILES string of the molecule is Cc1cc(C)c(NC(=O)C2CC(=O)N(c3cc(Cl)ccc3C)C2)c(C)c1. The molecule has 0 aliphatic carbocycles. The lowest BCUT2D eigenvalue weighted by atomic mass is 10.0. The second kappa shape index (κ2) is 7.12. The number of hydrogen-bond acceptors (Lipinski definition) is 2. The first-order valence-corrected chi connectivity index (χ1v) is 9.09. The van der Waals surface area contributed by atoms with E-state index in [2.05, 4.69) is 5.32 Å². The average Bonchev–Trinajstić information content (AvgIpc) is 2.95. The lowest BCUT2D eigenvalue weighted by Gasteiger charge is -2.20. The number of nitrogens with zero attached hydrogens (tertiary/aromatic N) is 1. The van der Waals surface area contributed by atoms with E-state index in [1.54, 1.807) is 17.0 Å². The number of benzene rings is 2. The molecule has 136 valence electrons. The normalized spacial score (nSPS) is 16.9. The summed E-state index contributed by atoms with van der Waals surface area (Å²) in [6, 6.07) is 9.56. The fourth-order valence-electron chi connectivity index (χ4n) is 3.59. The Morgan fingerprint density at radius 2 is 1.73 bits per heavy atom. The molecule has 2 amide bonds. The fraction of sp³-hybridized carbons (Fsp3) is 0.333. The molecule has 4 nitrogen and oxygen atoms in total. The van der Waals surface area contributed by atoms with Crippen molar-refractivity contribution < 1.29 is 9.59 Å². The molecular weight excluding hydrogens is 348 g/mol. The second-order valence-electron chi connectivity index (χ2n) is 7.10. The minimum Gasteiger partial charge on any atom is -0.325 e. The van der Waals surface area contributed by atoms with Gasteiger partial charge in [0, 0.05) is 29.4 Å². The van der Waals surface area contributed by atoms with Gasteiger partial charge in [0.05, 0.1) is 5.92 Å². The molecule has 1 unspecified atom stereocenters. The van der Waals surface area contributed by atoms with E-state index in [0.29, 0.717) is 11.6 Å². The van der Waals surface area contributed by atoms with Crippen molar-refractivity contribution in [3.05, 3.63) is 57.6 Å². The molecule has 1 aliphatic heterocycles. The number of nitrogens with one attached hydrogen (secondary N) is 1. The van der Waals surface area contributed by atoms with Crippen LogP contribution >= 0.6 is 11.6 Å². The lowest BCUT2D eigenvalue weighted by molar-refractivity contribution is -0.122. The molecule has 1 saturated heterocycles. The molecule has 2 aromatic rings. The number of halogens is 1. The van der Waals surface area contributed by atoms with Gasteiger partial charge in [-0.15, -0.1) is 0 Å². The maximum absolute atomic E-state index is 12.8. The van der Waals surface area contributed by atoms with Crippen LogP contribution in [0.1, 0.15) is 28.7 Å². The van der Waals surface area contributed by atoms with Gasteiger partial charge in [-0.1, -0.05) is 35.4 Å². The molecule has 1 aliphatic rings. The van der Waals surface area contributed by atoms with Gasteiger partial charge in [0.1, 0.15) is 0 Å². The van der Waals surface area contributed by atoms with Crippen LogP contribution in [-0.4, -0.2) is 18.4 Å². The van der Waals surface area contributed by atoms with Gasteiger partial charge in [0.2, 0.25) is 11.8 Å². The van der Waals surface area contributed by atoms with Crippen molar-refractivity contribution in [2.45, 2.75) is 34.1 Å². The molecule has 3 rings (SSSR count). The molecule has 26 heavy (non-hydrogen) atoms. The molecule has 0 aromatic heterocycles. The third-order valence-corrected chi connectivity index (χ3v) is 5.12. The highest BCUT2D eigenvalue weighted by atomic mass is 35.5. The van der Waals surface area contributed by atoms with Crippen LogP contribution in [-0.2, 0) is 9.59 Å². The van der Waals surface area contributed by atoms with Crippen LogP contribution in [0, 0.1) is 33.6 Å². The van der Waals surface area contributed by atoms with Gasteiger partial charge in [-0.25, -0.2) is 0 Å². The Balaban J connectivity index is 1.78. The zero-order chi connectivity index (χ0) is 19.0. The Labute approximate surface area is 159 Å². The van der Waals surface area contributed by atoms with Crippen molar-refractivity contribution in [3.63, 3.8) is 0 Å². The standard InChI is InChI=1S/C21H23ClN2O2/c1-12-7-14(3)20(15(4)8-12)23-21(26)16-9-19(25)24(11-16)18-10-17(22)6-5-13(18)2/h5-8,10,16H,9,11H2,1-4H3,(H,23,26). The fourth-order valence-corrected chi connectivity index (χ4v) is 3.76. The monoisotopic (exact) mass is 370 g/mol. The van der Waals surface area contributed by atoms with Crippen molar-refractivity contribution in [1.29, 1.82) is 0 Å². The number of aryl methyl sites for hydroxylation is 4. The zero-order valence-electron chi connectivity index (χ0n) is 15.5. The summed E-state index contributed by atoms with van der Waals surface area (Å²) in [4.78, 5) is 26.9. The van der Waals surface area contributed by atoms with Gasteiger partial charge in [-0.2, -0.15) is 0 Å². The first kappa shape index (κ1) is 18.5. The predicted octanol–water partition coefficient (Wildman–Crippen LogP) is 4.57. The average molecular weight is 371 g/mol. The van der Waals surface area contributed by atoms with Gasteiger partial charge < -0.3 is 10.2 Å². The molecular formula is C21H23ClN2O2. The van der Waals surface area contributed by atoms with Crippen molar-refractivity contribution in [2.75, 3.05) is 16.8 Å². The lowest BCUT2D eigenvalue weighted by Crippen LogP contribution is -2.29. The summed E-state index contributed by atoms with van der Waals surface area (Å²) in [6.45, 7) is 8.31. The Hall–Kier alpha value is -2.33. The van der Waals surface area contributed by atoms with E-state index in [1.807, 2.05) is 45.9 Å². The molecule has 5 heteroatoms. The molecule has 1 atom stereocenters. The van der Waals surface area contributed by atoms with Crippen LogP contribution < -0.4 is 10.2 Å². The van der Waals surface area contributed by atoms with E-state index in [9.17, 15) is 9.59 Å². The third kappa shape index (κ3) is 3.61. The summed E-state index contributed by atoms with van der Waals surface area (Å²) in [6.07, 6.45) is 0.210.